The molecule has 31 heavy (non-hydrogen) atoms. The molecule has 1 fully saturated rings. The molecule has 3 aliphatic heterocycles. The van der Waals surface area contributed by atoms with Crippen molar-refractivity contribution in [2.24, 2.45) is 5.41 Å². The van der Waals surface area contributed by atoms with Gasteiger partial charge in [-0.1, -0.05) is 32.0 Å². The topological polar surface area (TPSA) is 60.8 Å². The van der Waals surface area contributed by atoms with Gasteiger partial charge in [-0.25, -0.2) is 4.79 Å². The molecule has 2 atom stereocenters. The molecule has 164 valence electrons. The zero-order valence-corrected chi connectivity index (χ0v) is 18.4. The average molecular weight is 423 g/mol. The largest absolute Gasteiger partial charge is 0.462 e. The summed E-state index contributed by atoms with van der Waals surface area (Å²) < 4.78 is 12.8. The molecule has 1 saturated heterocycles. The Balaban J connectivity index is 1.57. The maximum atomic E-state index is 13.3. The highest BCUT2D eigenvalue weighted by Crippen LogP contribution is 2.57. The lowest BCUT2D eigenvalue weighted by Gasteiger charge is -2.53. The molecule has 6 nitrogen and oxygen atoms in total. The second-order valence-corrected chi connectivity index (χ2v) is 8.83. The van der Waals surface area contributed by atoms with Crippen molar-refractivity contribution >= 4 is 28.5 Å². The molecule has 4 heterocycles. The molecule has 5 rings (SSSR count). The molecule has 0 N–H and O–H groups in total. The smallest absolute Gasteiger partial charge is 0.355 e. The van der Waals surface area contributed by atoms with Gasteiger partial charge in [0.15, 0.2) is 0 Å². The number of carbonyl (C=O) groups is 2. The van der Waals surface area contributed by atoms with E-state index < -0.39 is 0 Å². The molecule has 0 saturated carbocycles. The van der Waals surface area contributed by atoms with Crippen LogP contribution in [-0.2, 0) is 25.5 Å². The van der Waals surface area contributed by atoms with E-state index in [-0.39, 0.29) is 30.6 Å². The van der Waals surface area contributed by atoms with E-state index in [2.05, 4.69) is 40.7 Å². The molecular weight excluding hydrogens is 392 g/mol. The van der Waals surface area contributed by atoms with Gasteiger partial charge in [-0.05, 0) is 49.9 Å². The fraction of sp³-hybridized carbons (Fsp3) is 0.520. The Labute approximate surface area is 182 Å². The number of para-hydroxylation sites is 1. The fourth-order valence-electron chi connectivity index (χ4n) is 5.89. The van der Waals surface area contributed by atoms with E-state index in [9.17, 15) is 9.59 Å². The number of ether oxygens (including phenoxy) is 2. The van der Waals surface area contributed by atoms with E-state index in [0.29, 0.717) is 18.2 Å². The SMILES string of the molecule is CCC(=O)OCCOC(=O)C1=C[C@@]2(CC)CCCN3CCc4c(n1c1ccccc41)[C@@H]32. The van der Waals surface area contributed by atoms with Crippen LogP contribution in [0.25, 0.3) is 16.6 Å². The third-order valence-corrected chi connectivity index (χ3v) is 7.33. The second-order valence-electron chi connectivity index (χ2n) is 8.83. The van der Waals surface area contributed by atoms with Crippen LogP contribution in [0.4, 0.5) is 0 Å². The maximum Gasteiger partial charge on any atom is 0.355 e. The minimum absolute atomic E-state index is 0.0547. The first-order valence-electron chi connectivity index (χ1n) is 11.5. The minimum Gasteiger partial charge on any atom is -0.462 e. The summed E-state index contributed by atoms with van der Waals surface area (Å²) in [5.41, 5.74) is 4.29. The molecule has 6 heteroatoms. The van der Waals surface area contributed by atoms with Crippen molar-refractivity contribution in [3.05, 3.63) is 41.6 Å². The molecule has 0 spiro atoms. The summed E-state index contributed by atoms with van der Waals surface area (Å²) in [6.07, 6.45) is 6.73. The maximum absolute atomic E-state index is 13.3. The predicted molar refractivity (Wildman–Crippen MR) is 118 cm³/mol. The molecule has 3 aliphatic rings. The summed E-state index contributed by atoms with van der Waals surface area (Å²) in [7, 11) is 0. The number of rotatable bonds is 6. The first-order chi connectivity index (χ1) is 15.1. The van der Waals surface area contributed by atoms with E-state index in [0.717, 1.165) is 44.3 Å². The molecule has 0 unspecified atom stereocenters. The molecule has 2 aromatic rings. The summed E-state index contributed by atoms with van der Waals surface area (Å²) in [5, 5.41) is 1.24. The quantitative estimate of drug-likeness (QED) is 0.519. The Bertz CT molecular complexity index is 1070. The van der Waals surface area contributed by atoms with Crippen LogP contribution in [0.3, 0.4) is 0 Å². The lowest BCUT2D eigenvalue weighted by atomic mass is 9.66. The number of fused-ring (bicyclic) bond motifs is 3. The van der Waals surface area contributed by atoms with Crippen LogP contribution < -0.4 is 0 Å². The Morgan fingerprint density at radius 1 is 1.13 bits per heavy atom. The van der Waals surface area contributed by atoms with Gasteiger partial charge in [0, 0.05) is 29.5 Å². The van der Waals surface area contributed by atoms with Gasteiger partial charge in [0.25, 0.3) is 0 Å². The summed E-state index contributed by atoms with van der Waals surface area (Å²) in [4.78, 5) is 27.3. The molecule has 0 amide bonds. The predicted octanol–water partition coefficient (Wildman–Crippen LogP) is 4.08. The normalized spacial score (nSPS) is 24.5. The van der Waals surface area contributed by atoms with Gasteiger partial charge >= 0.3 is 11.9 Å². The number of benzene rings is 1. The van der Waals surface area contributed by atoms with Crippen molar-refractivity contribution < 1.29 is 19.1 Å². The van der Waals surface area contributed by atoms with Crippen molar-refractivity contribution in [2.75, 3.05) is 26.3 Å². The third-order valence-electron chi connectivity index (χ3n) is 7.33. The van der Waals surface area contributed by atoms with Crippen molar-refractivity contribution in [3.8, 4) is 0 Å². The van der Waals surface area contributed by atoms with Gasteiger partial charge in [-0.15, -0.1) is 0 Å². The van der Waals surface area contributed by atoms with Gasteiger partial charge < -0.3 is 14.0 Å². The molecule has 0 bridgehead atoms. The monoisotopic (exact) mass is 422 g/mol. The lowest BCUT2D eigenvalue weighted by Crippen LogP contribution is -2.51. The van der Waals surface area contributed by atoms with Crippen molar-refractivity contribution in [1.82, 2.24) is 9.47 Å². The lowest BCUT2D eigenvalue weighted by molar-refractivity contribution is -0.149. The first kappa shape index (κ1) is 20.3. The molecule has 0 radical (unpaired) electrons. The number of hydrogen-bond acceptors (Lipinski definition) is 5. The first-order valence-corrected chi connectivity index (χ1v) is 11.5. The van der Waals surface area contributed by atoms with E-state index in [1.165, 1.54) is 16.6 Å². The highest BCUT2D eigenvalue weighted by atomic mass is 16.6. The van der Waals surface area contributed by atoms with Gasteiger partial charge in [-0.3, -0.25) is 9.69 Å². The van der Waals surface area contributed by atoms with Gasteiger partial charge in [0.2, 0.25) is 0 Å². The molecular formula is C25H30N2O4. The van der Waals surface area contributed by atoms with Crippen LogP contribution in [0, 0.1) is 5.41 Å². The Hall–Kier alpha value is -2.60. The zero-order valence-electron chi connectivity index (χ0n) is 18.4. The van der Waals surface area contributed by atoms with Crippen LogP contribution in [0.2, 0.25) is 0 Å². The summed E-state index contributed by atoms with van der Waals surface area (Å²) >= 11 is 0. The van der Waals surface area contributed by atoms with E-state index >= 15 is 0 Å². The van der Waals surface area contributed by atoms with Crippen LogP contribution in [0.1, 0.15) is 56.8 Å². The zero-order chi connectivity index (χ0) is 21.6. The van der Waals surface area contributed by atoms with Gasteiger partial charge in [0.05, 0.1) is 11.6 Å². The Kier molecular flexibility index (Phi) is 5.13. The van der Waals surface area contributed by atoms with Crippen LogP contribution in [0.5, 0.6) is 0 Å². The van der Waals surface area contributed by atoms with Crippen LogP contribution in [0.15, 0.2) is 30.3 Å². The summed E-state index contributed by atoms with van der Waals surface area (Å²) in [6, 6.07) is 8.70. The number of aromatic nitrogens is 1. The highest BCUT2D eigenvalue weighted by molar-refractivity contribution is 6.13. The number of nitrogens with zero attached hydrogens (tertiary/aromatic N) is 2. The number of hydrogen-bond donors (Lipinski definition) is 0. The van der Waals surface area contributed by atoms with Crippen molar-refractivity contribution in [3.63, 3.8) is 0 Å². The Morgan fingerprint density at radius 2 is 1.94 bits per heavy atom. The molecule has 0 aliphatic carbocycles. The third kappa shape index (κ3) is 3.11. The molecule has 1 aromatic carbocycles. The summed E-state index contributed by atoms with van der Waals surface area (Å²) in [6.45, 7) is 6.33. The average Bonchev–Trinajstić information content (AvgIpc) is 3.15. The van der Waals surface area contributed by atoms with Gasteiger partial charge in [-0.2, -0.15) is 0 Å². The standard InChI is InChI=1S/C25H30N2O4/c1-3-21(28)30-14-15-31-24(29)20-16-25(4-2)11-7-12-26-13-10-18-17-8-5-6-9-19(17)27(20)22(18)23(25)26/h5-6,8-9,16,23H,3-4,7,10-15H2,1-2H3/t23-,25-/m1/s1. The van der Waals surface area contributed by atoms with E-state index in [4.69, 9.17) is 9.47 Å². The Morgan fingerprint density at radius 3 is 2.74 bits per heavy atom. The summed E-state index contributed by atoms with van der Waals surface area (Å²) in [5.74, 6) is -0.626. The number of esters is 2. The van der Waals surface area contributed by atoms with Gasteiger partial charge in [0.1, 0.15) is 18.9 Å². The van der Waals surface area contributed by atoms with Crippen molar-refractivity contribution in [2.45, 2.75) is 52.0 Å². The second kappa shape index (κ2) is 7.83. The van der Waals surface area contributed by atoms with E-state index in [1.807, 2.05) is 6.07 Å². The minimum atomic E-state index is -0.343. The molecule has 1 aromatic heterocycles. The van der Waals surface area contributed by atoms with E-state index in [1.54, 1.807) is 6.92 Å². The number of carbonyl (C=O) groups excluding carboxylic acids is 2. The number of piperidine rings is 1. The van der Waals surface area contributed by atoms with Crippen molar-refractivity contribution in [1.29, 1.82) is 0 Å². The van der Waals surface area contributed by atoms with Crippen LogP contribution in [-0.4, -0.2) is 47.7 Å². The highest BCUT2D eigenvalue weighted by Gasteiger charge is 2.51. The fourth-order valence-corrected chi connectivity index (χ4v) is 5.89. The van der Waals surface area contributed by atoms with Crippen LogP contribution >= 0.6 is 0 Å².